The van der Waals surface area contributed by atoms with Crippen LogP contribution in [0.25, 0.3) is 0 Å². The van der Waals surface area contributed by atoms with E-state index in [-0.39, 0.29) is 6.04 Å². The van der Waals surface area contributed by atoms with Gasteiger partial charge in [0.05, 0.1) is 5.69 Å². The van der Waals surface area contributed by atoms with Gasteiger partial charge >= 0.3 is 0 Å². The van der Waals surface area contributed by atoms with Gasteiger partial charge in [0.2, 0.25) is 0 Å². The maximum Gasteiger partial charge on any atom is 0.297 e. The van der Waals surface area contributed by atoms with E-state index in [2.05, 4.69) is 4.98 Å². The Morgan fingerprint density at radius 2 is 2.20 bits per heavy atom. The Morgan fingerprint density at radius 3 is 2.87 bits per heavy atom. The minimum absolute atomic E-state index is 0.138. The molecule has 1 atom stereocenters. The summed E-state index contributed by atoms with van der Waals surface area (Å²) in [7, 11) is 1.97. The number of aryl methyl sites for hydroxylation is 2. The third-order valence-electron chi connectivity index (χ3n) is 2.72. The van der Waals surface area contributed by atoms with E-state index in [0.717, 1.165) is 36.9 Å². The lowest BCUT2D eigenvalue weighted by Crippen LogP contribution is -2.32. The number of nitrogens with zero attached hydrogens (tertiary/aromatic N) is 2. The van der Waals surface area contributed by atoms with Crippen molar-refractivity contribution < 1.29 is 4.42 Å². The largest absolute Gasteiger partial charge is 0.428 e. The number of nitrogens with two attached hydrogens (primary N) is 1. The monoisotopic (exact) mass is 209 g/mol. The Bertz CT molecular complexity index is 309. The first-order valence-electron chi connectivity index (χ1n) is 5.62. The Hall–Kier alpha value is -1.03. The lowest BCUT2D eigenvalue weighted by Gasteiger charge is -2.16. The number of fused-ring (bicyclic) bond motifs is 1. The van der Waals surface area contributed by atoms with Crippen molar-refractivity contribution in [2.75, 3.05) is 18.5 Å². The molecule has 4 heteroatoms. The Balaban J connectivity index is 2.11. The predicted molar refractivity (Wildman–Crippen MR) is 60.1 cm³/mol. The summed E-state index contributed by atoms with van der Waals surface area (Å²) in [5, 5.41) is 0. The molecular formula is C11H19N3O. The van der Waals surface area contributed by atoms with Crippen LogP contribution in [-0.4, -0.2) is 24.6 Å². The van der Waals surface area contributed by atoms with Gasteiger partial charge in [-0.25, -0.2) is 0 Å². The van der Waals surface area contributed by atoms with Crippen molar-refractivity contribution in [2.45, 2.75) is 38.6 Å². The normalized spacial score (nSPS) is 17.3. The van der Waals surface area contributed by atoms with Gasteiger partial charge in [-0.15, -0.1) is 0 Å². The van der Waals surface area contributed by atoms with Gasteiger partial charge in [0, 0.05) is 26.1 Å². The summed E-state index contributed by atoms with van der Waals surface area (Å²) < 4.78 is 5.73. The number of anilines is 1. The minimum atomic E-state index is 0.138. The minimum Gasteiger partial charge on any atom is -0.428 e. The second kappa shape index (κ2) is 4.23. The van der Waals surface area contributed by atoms with E-state index in [1.165, 1.54) is 12.8 Å². The molecule has 0 bridgehead atoms. The third kappa shape index (κ3) is 2.31. The Morgan fingerprint density at radius 1 is 1.47 bits per heavy atom. The third-order valence-corrected chi connectivity index (χ3v) is 2.72. The van der Waals surface area contributed by atoms with Crippen molar-refractivity contribution in [3.63, 3.8) is 0 Å². The van der Waals surface area contributed by atoms with E-state index >= 15 is 0 Å². The molecule has 0 saturated heterocycles. The first-order chi connectivity index (χ1) is 7.16. The summed E-state index contributed by atoms with van der Waals surface area (Å²) in [6.07, 6.45) is 4.55. The smallest absolute Gasteiger partial charge is 0.297 e. The van der Waals surface area contributed by atoms with E-state index in [1.807, 2.05) is 18.9 Å². The van der Waals surface area contributed by atoms with E-state index in [9.17, 15) is 0 Å². The maximum atomic E-state index is 5.74. The molecule has 0 aliphatic heterocycles. The first kappa shape index (κ1) is 10.5. The second-order valence-corrected chi connectivity index (χ2v) is 4.43. The predicted octanol–water partition coefficient (Wildman–Crippen LogP) is 1.34. The van der Waals surface area contributed by atoms with Gasteiger partial charge in [-0.2, -0.15) is 4.98 Å². The number of likely N-dealkylation sites (N-methyl/N-ethyl adjacent to an activating group) is 1. The van der Waals surface area contributed by atoms with Crippen LogP contribution < -0.4 is 10.6 Å². The van der Waals surface area contributed by atoms with E-state index in [0.29, 0.717) is 0 Å². The summed E-state index contributed by atoms with van der Waals surface area (Å²) in [6.45, 7) is 2.76. The van der Waals surface area contributed by atoms with Gasteiger partial charge in [-0.05, 0) is 26.2 Å². The van der Waals surface area contributed by atoms with E-state index in [1.54, 1.807) is 0 Å². The fourth-order valence-corrected chi connectivity index (χ4v) is 2.01. The highest BCUT2D eigenvalue weighted by atomic mass is 16.4. The highest BCUT2D eigenvalue weighted by Crippen LogP contribution is 2.25. The number of hydrogen-bond donors (Lipinski definition) is 1. The van der Waals surface area contributed by atoms with Crippen molar-refractivity contribution >= 4 is 6.01 Å². The molecule has 1 aromatic rings. The van der Waals surface area contributed by atoms with Crippen LogP contribution in [0.1, 0.15) is 31.2 Å². The number of oxazole rings is 1. The zero-order valence-corrected chi connectivity index (χ0v) is 9.49. The Kier molecular flexibility index (Phi) is 2.95. The lowest BCUT2D eigenvalue weighted by molar-refractivity contribution is 0.471. The highest BCUT2D eigenvalue weighted by Gasteiger charge is 2.19. The fourth-order valence-electron chi connectivity index (χ4n) is 2.01. The molecule has 2 rings (SSSR count). The molecule has 1 aliphatic carbocycles. The molecule has 0 aromatic carbocycles. The standard InChI is InChI=1S/C11H19N3O/c1-8(12)7-14(2)11-13-9-5-3-4-6-10(9)15-11/h8H,3-7,12H2,1-2H3. The van der Waals surface area contributed by atoms with Crippen LogP contribution >= 0.6 is 0 Å². The molecule has 0 radical (unpaired) electrons. The average molecular weight is 209 g/mol. The van der Waals surface area contributed by atoms with Crippen LogP contribution in [0.4, 0.5) is 6.01 Å². The van der Waals surface area contributed by atoms with Crippen LogP contribution in [0, 0.1) is 0 Å². The number of aromatic nitrogens is 1. The number of rotatable bonds is 3. The Labute approximate surface area is 90.5 Å². The highest BCUT2D eigenvalue weighted by molar-refractivity contribution is 5.30. The van der Waals surface area contributed by atoms with Crippen LogP contribution in [0.2, 0.25) is 0 Å². The molecule has 0 amide bonds. The first-order valence-corrected chi connectivity index (χ1v) is 5.62. The van der Waals surface area contributed by atoms with Crippen LogP contribution in [-0.2, 0) is 12.8 Å². The lowest BCUT2D eigenvalue weighted by atomic mass is 10.0. The molecule has 2 N–H and O–H groups in total. The molecule has 1 heterocycles. The van der Waals surface area contributed by atoms with E-state index < -0.39 is 0 Å². The average Bonchev–Trinajstić information content (AvgIpc) is 2.59. The topological polar surface area (TPSA) is 55.3 Å². The van der Waals surface area contributed by atoms with Gasteiger partial charge in [-0.1, -0.05) is 0 Å². The maximum absolute atomic E-state index is 5.74. The quantitative estimate of drug-likeness (QED) is 0.816. The van der Waals surface area contributed by atoms with Crippen molar-refractivity contribution in [3.05, 3.63) is 11.5 Å². The number of hydrogen-bond acceptors (Lipinski definition) is 4. The van der Waals surface area contributed by atoms with Crippen molar-refractivity contribution in [2.24, 2.45) is 5.73 Å². The van der Waals surface area contributed by atoms with Crippen LogP contribution in [0.15, 0.2) is 4.42 Å². The van der Waals surface area contributed by atoms with Crippen LogP contribution in [0.5, 0.6) is 0 Å². The second-order valence-electron chi connectivity index (χ2n) is 4.43. The molecule has 1 aromatic heterocycles. The van der Waals surface area contributed by atoms with Gasteiger partial charge in [0.25, 0.3) is 6.01 Å². The zero-order valence-electron chi connectivity index (χ0n) is 9.49. The summed E-state index contributed by atoms with van der Waals surface area (Å²) in [5.74, 6) is 1.08. The molecule has 0 spiro atoms. The summed E-state index contributed by atoms with van der Waals surface area (Å²) in [4.78, 5) is 6.50. The van der Waals surface area contributed by atoms with Crippen molar-refractivity contribution in [1.82, 2.24) is 4.98 Å². The van der Waals surface area contributed by atoms with Crippen molar-refractivity contribution in [3.8, 4) is 0 Å². The molecule has 1 unspecified atom stereocenters. The molecular weight excluding hydrogens is 190 g/mol. The van der Waals surface area contributed by atoms with Gasteiger partial charge in [0.1, 0.15) is 5.76 Å². The van der Waals surface area contributed by atoms with Crippen LogP contribution in [0.3, 0.4) is 0 Å². The van der Waals surface area contributed by atoms with Gasteiger partial charge in [0.15, 0.2) is 0 Å². The molecule has 1 aliphatic rings. The van der Waals surface area contributed by atoms with Gasteiger partial charge < -0.3 is 15.1 Å². The molecule has 4 nitrogen and oxygen atoms in total. The van der Waals surface area contributed by atoms with E-state index in [4.69, 9.17) is 10.2 Å². The van der Waals surface area contributed by atoms with Crippen molar-refractivity contribution in [1.29, 1.82) is 0 Å². The molecule has 0 saturated carbocycles. The molecule has 0 fully saturated rings. The fraction of sp³-hybridized carbons (Fsp3) is 0.727. The summed E-state index contributed by atoms with van der Waals surface area (Å²) in [6, 6.07) is 0.859. The zero-order chi connectivity index (χ0) is 10.8. The molecule has 15 heavy (non-hydrogen) atoms. The summed E-state index contributed by atoms with van der Waals surface area (Å²) >= 11 is 0. The summed E-state index contributed by atoms with van der Waals surface area (Å²) in [5.41, 5.74) is 6.89. The SMILES string of the molecule is CC(N)CN(C)c1nc2c(o1)CCCC2. The van der Waals surface area contributed by atoms with Gasteiger partial charge in [-0.3, -0.25) is 0 Å². The molecule has 84 valence electrons.